The Morgan fingerprint density at radius 3 is 2.04 bits per heavy atom. The quantitative estimate of drug-likeness (QED) is 0.109. The van der Waals surface area contributed by atoms with E-state index in [1.54, 1.807) is 6.08 Å². The lowest BCUT2D eigenvalue weighted by atomic mass is 9.94. The standard InChI is InChI=1S/C48H40N2.C3H8/c1-4-6-18-36(5-2)41-27-17-28-42(33-41)47(49-3)34-48(50-35-43-29-16-24-37-19-9-12-30-44(37)43)40-23-8-7-20-38-21-10-13-31-45(38)46-32-14-11-22-39(46)25-15-26-40;1-3-2/h4-34H,1,3,35H2,2H3;3H2,1-2H3/b8-7?,18-6-,20-7+,23-8-,25-15+,26-15?,36-5+,38-20?,39-25?,40-23?,40-26+,46-45?,47-34-,50-48?;. The molecule has 0 amide bonds. The van der Waals surface area contributed by atoms with E-state index in [2.05, 4.69) is 208 Å². The van der Waals surface area contributed by atoms with Crippen molar-refractivity contribution in [2.45, 2.75) is 33.7 Å². The van der Waals surface area contributed by atoms with Gasteiger partial charge in [0.15, 0.2) is 0 Å². The lowest BCUT2D eigenvalue weighted by Crippen LogP contribution is -2.01. The number of nitrogens with zero attached hydrogens (tertiary/aromatic N) is 2. The predicted octanol–water partition coefficient (Wildman–Crippen LogP) is 14.0. The topological polar surface area (TPSA) is 24.7 Å². The van der Waals surface area contributed by atoms with Gasteiger partial charge >= 0.3 is 0 Å². The molecule has 0 heterocycles. The van der Waals surface area contributed by atoms with E-state index in [1.165, 1.54) is 28.3 Å². The van der Waals surface area contributed by atoms with Crippen molar-refractivity contribution < 1.29 is 0 Å². The maximum absolute atomic E-state index is 5.29. The zero-order valence-electron chi connectivity index (χ0n) is 31.1. The Bertz CT molecular complexity index is 2290. The molecule has 0 fully saturated rings. The SMILES string of the molecule is C=C/C=C\C(=C/C)c1cccc(/C(=C/C(=NCc2cccc3ccccc23)C2=C/C=C/c3ccccc3-c3ccccc3/C=C/C=C\2)N=C)c1.CCC. The van der Waals surface area contributed by atoms with Gasteiger partial charge in [0.2, 0.25) is 0 Å². The highest BCUT2D eigenvalue weighted by Gasteiger charge is 2.10. The molecule has 0 unspecified atom stereocenters. The summed E-state index contributed by atoms with van der Waals surface area (Å²) in [5.41, 5.74) is 11.5. The van der Waals surface area contributed by atoms with Gasteiger partial charge < -0.3 is 0 Å². The number of fused-ring (bicyclic) bond motifs is 4. The molecule has 53 heavy (non-hydrogen) atoms. The molecule has 0 atom stereocenters. The van der Waals surface area contributed by atoms with Gasteiger partial charge in [0.25, 0.3) is 0 Å². The van der Waals surface area contributed by atoms with E-state index in [0.29, 0.717) is 6.54 Å². The molecule has 5 aromatic carbocycles. The van der Waals surface area contributed by atoms with Crippen LogP contribution in [0, 0.1) is 0 Å². The zero-order valence-corrected chi connectivity index (χ0v) is 31.1. The summed E-state index contributed by atoms with van der Waals surface area (Å²) in [4.78, 5) is 9.82. The third-order valence-corrected chi connectivity index (χ3v) is 8.68. The average Bonchev–Trinajstić information content (AvgIpc) is 3.19. The van der Waals surface area contributed by atoms with Crippen LogP contribution in [0.1, 0.15) is 55.0 Å². The van der Waals surface area contributed by atoms with Crippen LogP contribution in [0.4, 0.5) is 0 Å². The lowest BCUT2D eigenvalue weighted by molar-refractivity contribution is 1.08. The van der Waals surface area contributed by atoms with E-state index < -0.39 is 0 Å². The third kappa shape index (κ3) is 10.1. The monoisotopic (exact) mass is 688 g/mol. The number of allylic oxidation sites excluding steroid dienone is 12. The molecular formula is C51H48N2. The Balaban J connectivity index is 0.00000175. The molecule has 2 heteroatoms. The van der Waals surface area contributed by atoms with Crippen LogP contribution in [-0.4, -0.2) is 12.4 Å². The zero-order chi connectivity index (χ0) is 37.3. The molecular weight excluding hydrogens is 641 g/mol. The second kappa shape index (κ2) is 19.9. The Morgan fingerprint density at radius 1 is 0.698 bits per heavy atom. The van der Waals surface area contributed by atoms with Gasteiger partial charge in [-0.3, -0.25) is 9.98 Å². The highest BCUT2D eigenvalue weighted by atomic mass is 14.8. The summed E-state index contributed by atoms with van der Waals surface area (Å²) in [5, 5.41) is 2.40. The lowest BCUT2D eigenvalue weighted by Gasteiger charge is -2.11. The van der Waals surface area contributed by atoms with Crippen LogP contribution in [0.25, 0.3) is 45.3 Å². The number of benzene rings is 5. The molecule has 0 N–H and O–H groups in total. The molecule has 2 nitrogen and oxygen atoms in total. The first kappa shape index (κ1) is 37.9. The smallest absolute Gasteiger partial charge is 0.0716 e. The van der Waals surface area contributed by atoms with Crippen LogP contribution >= 0.6 is 0 Å². The number of aliphatic imine (C=N–C) groups is 2. The second-order valence-corrected chi connectivity index (χ2v) is 12.5. The minimum atomic E-state index is 0.508. The van der Waals surface area contributed by atoms with E-state index in [-0.39, 0.29) is 0 Å². The van der Waals surface area contributed by atoms with Gasteiger partial charge in [0.05, 0.1) is 18.0 Å². The van der Waals surface area contributed by atoms with Crippen molar-refractivity contribution in [3.8, 4) is 11.1 Å². The maximum Gasteiger partial charge on any atom is 0.0716 e. The molecule has 1 aliphatic rings. The van der Waals surface area contributed by atoms with E-state index >= 15 is 0 Å². The van der Waals surface area contributed by atoms with Crippen molar-refractivity contribution >= 4 is 46.6 Å². The van der Waals surface area contributed by atoms with Crippen molar-refractivity contribution in [3.05, 3.63) is 216 Å². The van der Waals surface area contributed by atoms with E-state index in [0.717, 1.165) is 50.4 Å². The first-order valence-corrected chi connectivity index (χ1v) is 18.3. The van der Waals surface area contributed by atoms with Crippen LogP contribution in [0.5, 0.6) is 0 Å². The Hall–Kier alpha value is -6.38. The molecule has 0 aromatic heterocycles. The van der Waals surface area contributed by atoms with Crippen LogP contribution in [-0.2, 0) is 6.54 Å². The van der Waals surface area contributed by atoms with Crippen LogP contribution in [0.15, 0.2) is 198 Å². The van der Waals surface area contributed by atoms with Crippen molar-refractivity contribution in [2.75, 3.05) is 0 Å². The van der Waals surface area contributed by atoms with Gasteiger partial charge in [0.1, 0.15) is 0 Å². The summed E-state index contributed by atoms with van der Waals surface area (Å²) < 4.78 is 0. The van der Waals surface area contributed by atoms with Crippen molar-refractivity contribution in [1.82, 2.24) is 0 Å². The van der Waals surface area contributed by atoms with Gasteiger partial charge in [-0.05, 0) is 81.1 Å². The number of rotatable bonds is 9. The minimum absolute atomic E-state index is 0.508. The van der Waals surface area contributed by atoms with Crippen molar-refractivity contribution in [2.24, 2.45) is 9.98 Å². The van der Waals surface area contributed by atoms with E-state index in [1.807, 2.05) is 13.0 Å². The molecule has 0 radical (unpaired) electrons. The Kier molecular flexibility index (Phi) is 14.2. The van der Waals surface area contributed by atoms with Crippen molar-refractivity contribution in [1.29, 1.82) is 0 Å². The normalized spacial score (nSPS) is 16.1. The number of hydrogen-bond donors (Lipinski definition) is 0. The highest BCUT2D eigenvalue weighted by Crippen LogP contribution is 2.30. The van der Waals surface area contributed by atoms with Crippen LogP contribution in [0.3, 0.4) is 0 Å². The summed E-state index contributed by atoms with van der Waals surface area (Å²) in [6, 6.07) is 40.3. The molecule has 1 aliphatic carbocycles. The maximum atomic E-state index is 5.29. The number of hydrogen-bond acceptors (Lipinski definition) is 2. The fourth-order valence-electron chi connectivity index (χ4n) is 6.14. The first-order valence-electron chi connectivity index (χ1n) is 18.3. The van der Waals surface area contributed by atoms with Gasteiger partial charge in [-0.25, -0.2) is 0 Å². The third-order valence-electron chi connectivity index (χ3n) is 8.68. The molecule has 0 bridgehead atoms. The summed E-state index contributed by atoms with van der Waals surface area (Å²) in [5.74, 6) is 0. The fraction of sp³-hybridized carbons (Fsp3) is 0.0980. The minimum Gasteiger partial charge on any atom is -0.280 e. The molecule has 6 rings (SSSR count). The van der Waals surface area contributed by atoms with Crippen LogP contribution < -0.4 is 0 Å². The second-order valence-electron chi connectivity index (χ2n) is 12.5. The summed E-state index contributed by atoms with van der Waals surface area (Å²) in [7, 11) is 0. The first-order chi connectivity index (χ1) is 26.1. The van der Waals surface area contributed by atoms with Gasteiger partial charge in [0, 0.05) is 5.56 Å². The molecule has 0 saturated carbocycles. The van der Waals surface area contributed by atoms with Crippen molar-refractivity contribution in [3.63, 3.8) is 0 Å². The molecule has 0 aliphatic heterocycles. The summed E-state index contributed by atoms with van der Waals surface area (Å²) in [6.45, 7) is 14.6. The van der Waals surface area contributed by atoms with E-state index in [4.69, 9.17) is 4.99 Å². The van der Waals surface area contributed by atoms with Crippen LogP contribution in [0.2, 0.25) is 0 Å². The Labute approximate surface area is 316 Å². The highest BCUT2D eigenvalue weighted by molar-refractivity contribution is 6.14. The van der Waals surface area contributed by atoms with E-state index in [9.17, 15) is 0 Å². The van der Waals surface area contributed by atoms with Gasteiger partial charge in [-0.15, -0.1) is 0 Å². The fourth-order valence-corrected chi connectivity index (χ4v) is 6.14. The Morgan fingerprint density at radius 2 is 1.32 bits per heavy atom. The molecule has 5 aromatic rings. The van der Waals surface area contributed by atoms with Gasteiger partial charge in [-0.1, -0.05) is 203 Å². The summed E-state index contributed by atoms with van der Waals surface area (Å²) in [6.07, 6.45) is 26.1. The predicted molar refractivity (Wildman–Crippen MR) is 235 cm³/mol. The summed E-state index contributed by atoms with van der Waals surface area (Å²) >= 11 is 0. The molecule has 0 spiro atoms. The molecule has 262 valence electrons. The average molecular weight is 689 g/mol. The molecule has 0 saturated heterocycles. The van der Waals surface area contributed by atoms with Gasteiger partial charge in [-0.2, -0.15) is 0 Å². The largest absolute Gasteiger partial charge is 0.280 e.